The molecule has 0 spiro atoms. The third-order valence-electron chi connectivity index (χ3n) is 3.91. The summed E-state index contributed by atoms with van der Waals surface area (Å²) in [5, 5.41) is 3.75. The Bertz CT molecular complexity index is 328. The lowest BCUT2D eigenvalue weighted by Crippen LogP contribution is -2.29. The fourth-order valence-electron chi connectivity index (χ4n) is 2.69. The van der Waals surface area contributed by atoms with Crippen LogP contribution >= 0.6 is 11.3 Å². The average molecular weight is 251 g/mol. The second kappa shape index (κ2) is 6.01. The fourth-order valence-corrected chi connectivity index (χ4v) is 3.96. The van der Waals surface area contributed by atoms with E-state index in [1.54, 1.807) is 15.3 Å². The quantitative estimate of drug-likeness (QED) is 0.814. The molecule has 1 aromatic rings. The molecule has 0 radical (unpaired) electrons. The molecule has 0 fully saturated rings. The highest BCUT2D eigenvalue weighted by Crippen LogP contribution is 2.33. The van der Waals surface area contributed by atoms with Crippen molar-refractivity contribution in [2.45, 2.75) is 71.4 Å². The van der Waals surface area contributed by atoms with E-state index in [4.69, 9.17) is 0 Å². The van der Waals surface area contributed by atoms with Crippen LogP contribution in [0.3, 0.4) is 0 Å². The first-order chi connectivity index (χ1) is 8.24. The van der Waals surface area contributed by atoms with Gasteiger partial charge in [-0.25, -0.2) is 0 Å². The van der Waals surface area contributed by atoms with E-state index in [0.29, 0.717) is 12.1 Å². The van der Waals surface area contributed by atoms with Gasteiger partial charge in [0.25, 0.3) is 0 Å². The number of aryl methyl sites for hydroxylation is 2. The fraction of sp³-hybridized carbons (Fsp3) is 0.733. The molecular weight excluding hydrogens is 226 g/mol. The van der Waals surface area contributed by atoms with Gasteiger partial charge in [0.1, 0.15) is 0 Å². The Hall–Kier alpha value is -0.340. The number of nitrogens with one attached hydrogen (secondary N) is 1. The summed E-state index contributed by atoms with van der Waals surface area (Å²) in [6.07, 6.45) is 7.86. The van der Waals surface area contributed by atoms with Gasteiger partial charge in [0.05, 0.1) is 0 Å². The minimum absolute atomic E-state index is 0.524. The van der Waals surface area contributed by atoms with E-state index in [9.17, 15) is 0 Å². The molecule has 1 N–H and O–H groups in total. The standard InChI is InChI=1S/C15H25NS/c1-4-13(5-2)16-11(3)15-10-12-8-6-7-9-14(12)17-15/h10-11,13,16H,4-9H2,1-3H3. The zero-order valence-electron chi connectivity index (χ0n) is 11.4. The molecule has 1 heterocycles. The van der Waals surface area contributed by atoms with Crippen molar-refractivity contribution in [2.24, 2.45) is 0 Å². The summed E-state index contributed by atoms with van der Waals surface area (Å²) in [4.78, 5) is 3.20. The Morgan fingerprint density at radius 3 is 2.59 bits per heavy atom. The topological polar surface area (TPSA) is 12.0 Å². The number of rotatable bonds is 5. The summed E-state index contributed by atoms with van der Waals surface area (Å²) in [6.45, 7) is 6.86. The molecule has 17 heavy (non-hydrogen) atoms. The van der Waals surface area contributed by atoms with Gasteiger partial charge < -0.3 is 5.32 Å². The third kappa shape index (κ3) is 3.11. The van der Waals surface area contributed by atoms with Crippen molar-refractivity contribution in [1.29, 1.82) is 0 Å². The normalized spacial score (nSPS) is 17.2. The Kier molecular flexibility index (Phi) is 4.63. The minimum Gasteiger partial charge on any atom is -0.307 e. The van der Waals surface area contributed by atoms with Crippen molar-refractivity contribution in [3.8, 4) is 0 Å². The van der Waals surface area contributed by atoms with E-state index in [2.05, 4.69) is 32.2 Å². The molecule has 2 heteroatoms. The van der Waals surface area contributed by atoms with E-state index < -0.39 is 0 Å². The van der Waals surface area contributed by atoms with Crippen LogP contribution in [-0.4, -0.2) is 6.04 Å². The van der Waals surface area contributed by atoms with Gasteiger partial charge in [0, 0.05) is 21.8 Å². The van der Waals surface area contributed by atoms with Gasteiger partial charge in [-0.3, -0.25) is 0 Å². The SMILES string of the molecule is CCC(CC)NC(C)c1cc2c(s1)CCCC2. The summed E-state index contributed by atoms with van der Waals surface area (Å²) < 4.78 is 0. The van der Waals surface area contributed by atoms with Gasteiger partial charge in [0.2, 0.25) is 0 Å². The smallest absolute Gasteiger partial charge is 0.0388 e. The predicted molar refractivity (Wildman–Crippen MR) is 76.9 cm³/mol. The number of hydrogen-bond acceptors (Lipinski definition) is 2. The number of fused-ring (bicyclic) bond motifs is 1. The van der Waals surface area contributed by atoms with Crippen molar-refractivity contribution >= 4 is 11.3 Å². The molecule has 96 valence electrons. The molecule has 1 atom stereocenters. The van der Waals surface area contributed by atoms with Crippen LogP contribution in [0.2, 0.25) is 0 Å². The van der Waals surface area contributed by atoms with Crippen LogP contribution in [0.15, 0.2) is 6.07 Å². The number of hydrogen-bond donors (Lipinski definition) is 1. The highest BCUT2D eigenvalue weighted by atomic mass is 32.1. The van der Waals surface area contributed by atoms with E-state index in [1.165, 1.54) is 38.5 Å². The molecule has 0 saturated heterocycles. The van der Waals surface area contributed by atoms with Crippen molar-refractivity contribution in [1.82, 2.24) is 5.32 Å². The maximum Gasteiger partial charge on any atom is 0.0388 e. The summed E-state index contributed by atoms with van der Waals surface area (Å²) >= 11 is 2.04. The average Bonchev–Trinajstić information content (AvgIpc) is 2.79. The second-order valence-electron chi connectivity index (χ2n) is 5.21. The Labute approximate surface area is 110 Å². The monoisotopic (exact) mass is 251 g/mol. The molecule has 0 bridgehead atoms. The van der Waals surface area contributed by atoms with Crippen molar-refractivity contribution in [3.05, 3.63) is 21.4 Å². The van der Waals surface area contributed by atoms with Gasteiger partial charge in [-0.05, 0) is 57.1 Å². The van der Waals surface area contributed by atoms with Gasteiger partial charge in [-0.2, -0.15) is 0 Å². The maximum absolute atomic E-state index is 3.75. The number of thiophene rings is 1. The highest BCUT2D eigenvalue weighted by molar-refractivity contribution is 7.12. The van der Waals surface area contributed by atoms with Gasteiger partial charge in [0.15, 0.2) is 0 Å². The Morgan fingerprint density at radius 1 is 1.24 bits per heavy atom. The molecule has 0 aliphatic heterocycles. The first kappa shape index (κ1) is 13.1. The molecule has 0 amide bonds. The van der Waals surface area contributed by atoms with Gasteiger partial charge in [-0.15, -0.1) is 11.3 Å². The largest absolute Gasteiger partial charge is 0.307 e. The van der Waals surface area contributed by atoms with Gasteiger partial charge in [-0.1, -0.05) is 13.8 Å². The zero-order valence-corrected chi connectivity index (χ0v) is 12.2. The Balaban J connectivity index is 2.03. The van der Waals surface area contributed by atoms with Crippen molar-refractivity contribution < 1.29 is 0 Å². The van der Waals surface area contributed by atoms with E-state index >= 15 is 0 Å². The van der Waals surface area contributed by atoms with E-state index in [0.717, 1.165) is 0 Å². The third-order valence-corrected chi connectivity index (χ3v) is 5.33. The maximum atomic E-state index is 3.75. The molecule has 2 rings (SSSR count). The molecule has 1 unspecified atom stereocenters. The molecule has 1 aliphatic carbocycles. The molecule has 1 aromatic heterocycles. The Morgan fingerprint density at radius 2 is 1.94 bits per heavy atom. The van der Waals surface area contributed by atoms with Crippen LogP contribution in [0, 0.1) is 0 Å². The molecule has 0 aromatic carbocycles. The molecule has 1 aliphatic rings. The lowest BCUT2D eigenvalue weighted by molar-refractivity contribution is 0.436. The second-order valence-corrected chi connectivity index (χ2v) is 6.37. The highest BCUT2D eigenvalue weighted by Gasteiger charge is 2.17. The lowest BCUT2D eigenvalue weighted by Gasteiger charge is -2.20. The lowest BCUT2D eigenvalue weighted by atomic mass is 9.99. The first-order valence-corrected chi connectivity index (χ1v) is 7.93. The van der Waals surface area contributed by atoms with Crippen molar-refractivity contribution in [3.63, 3.8) is 0 Å². The summed E-state index contributed by atoms with van der Waals surface area (Å²) in [5.41, 5.74) is 1.63. The van der Waals surface area contributed by atoms with Crippen LogP contribution in [0.5, 0.6) is 0 Å². The molecule has 0 saturated carbocycles. The van der Waals surface area contributed by atoms with Crippen LogP contribution in [0.1, 0.15) is 67.8 Å². The van der Waals surface area contributed by atoms with E-state index in [1.807, 2.05) is 11.3 Å². The predicted octanol–water partition coefficient (Wildman–Crippen LogP) is 4.47. The van der Waals surface area contributed by atoms with Crippen molar-refractivity contribution in [2.75, 3.05) is 0 Å². The van der Waals surface area contributed by atoms with Crippen LogP contribution < -0.4 is 5.32 Å². The first-order valence-electron chi connectivity index (χ1n) is 7.12. The van der Waals surface area contributed by atoms with E-state index in [-0.39, 0.29) is 0 Å². The van der Waals surface area contributed by atoms with Crippen LogP contribution in [-0.2, 0) is 12.8 Å². The minimum atomic E-state index is 0.524. The zero-order chi connectivity index (χ0) is 12.3. The van der Waals surface area contributed by atoms with Crippen LogP contribution in [0.25, 0.3) is 0 Å². The van der Waals surface area contributed by atoms with Gasteiger partial charge >= 0.3 is 0 Å². The summed E-state index contributed by atoms with van der Waals surface area (Å²) in [5.74, 6) is 0. The summed E-state index contributed by atoms with van der Waals surface area (Å²) in [7, 11) is 0. The van der Waals surface area contributed by atoms with Crippen LogP contribution in [0.4, 0.5) is 0 Å². The molecule has 1 nitrogen and oxygen atoms in total. The molecular formula is C15H25NS. The summed E-state index contributed by atoms with van der Waals surface area (Å²) in [6, 6.07) is 3.65.